The Balaban J connectivity index is 1.51. The van der Waals surface area contributed by atoms with Crippen molar-refractivity contribution in [2.45, 2.75) is 24.3 Å². The van der Waals surface area contributed by atoms with Gasteiger partial charge in [0.2, 0.25) is 5.13 Å². The van der Waals surface area contributed by atoms with Gasteiger partial charge in [-0.3, -0.25) is 4.90 Å². The van der Waals surface area contributed by atoms with Gasteiger partial charge in [0.25, 0.3) is 0 Å². The summed E-state index contributed by atoms with van der Waals surface area (Å²) >= 11 is 3.26. The minimum Gasteiger partial charge on any atom is -0.495 e. The summed E-state index contributed by atoms with van der Waals surface area (Å²) in [7, 11) is 1.66. The zero-order valence-electron chi connectivity index (χ0n) is 15.5. The Labute approximate surface area is 163 Å². The van der Waals surface area contributed by atoms with Crippen LogP contribution in [-0.4, -0.2) is 60.3 Å². The molecule has 1 aliphatic heterocycles. The van der Waals surface area contributed by atoms with Crippen molar-refractivity contribution in [3.05, 3.63) is 24.3 Å². The molecule has 1 aromatic heterocycles. The maximum Gasteiger partial charge on any atom is 0.210 e. The zero-order valence-corrected chi connectivity index (χ0v) is 17.1. The third-order valence-corrected chi connectivity index (χ3v) is 6.10. The first kappa shape index (κ1) is 19.4. The summed E-state index contributed by atoms with van der Waals surface area (Å²) in [5, 5.41) is 12.6. The molecular formula is C18H26N4O2S2. The average Bonchev–Trinajstić information content (AvgIpc) is 3.08. The van der Waals surface area contributed by atoms with Gasteiger partial charge in [-0.05, 0) is 18.1 Å². The van der Waals surface area contributed by atoms with Gasteiger partial charge in [-0.1, -0.05) is 49.1 Å². The van der Waals surface area contributed by atoms with Crippen LogP contribution in [0.4, 0.5) is 10.8 Å². The number of para-hydroxylation sites is 2. The van der Waals surface area contributed by atoms with E-state index in [9.17, 15) is 0 Å². The lowest BCUT2D eigenvalue weighted by Gasteiger charge is -2.33. The van der Waals surface area contributed by atoms with Crippen LogP contribution in [0, 0.1) is 5.92 Å². The lowest BCUT2D eigenvalue weighted by Crippen LogP contribution is -2.44. The number of nitrogens with one attached hydrogen (secondary N) is 1. The predicted molar refractivity (Wildman–Crippen MR) is 108 cm³/mol. The number of thioether (sulfide) groups is 1. The average molecular weight is 395 g/mol. The van der Waals surface area contributed by atoms with Gasteiger partial charge in [0, 0.05) is 25.4 Å². The number of nitrogens with zero attached hydrogens (tertiary/aromatic N) is 3. The minimum atomic E-state index is 0.252. The van der Waals surface area contributed by atoms with Gasteiger partial charge in [-0.25, -0.2) is 0 Å². The van der Waals surface area contributed by atoms with E-state index in [1.165, 1.54) is 0 Å². The normalized spacial score (nSPS) is 18.2. The van der Waals surface area contributed by atoms with Crippen LogP contribution in [0.3, 0.4) is 0 Å². The molecule has 0 saturated carbocycles. The van der Waals surface area contributed by atoms with E-state index in [0.717, 1.165) is 52.9 Å². The van der Waals surface area contributed by atoms with Gasteiger partial charge in [0.05, 0.1) is 25.5 Å². The van der Waals surface area contributed by atoms with Crippen molar-refractivity contribution < 1.29 is 9.47 Å². The number of hydrogen-bond acceptors (Lipinski definition) is 8. The molecule has 1 aliphatic rings. The van der Waals surface area contributed by atoms with E-state index in [2.05, 4.69) is 34.3 Å². The molecule has 0 radical (unpaired) electrons. The van der Waals surface area contributed by atoms with Crippen LogP contribution < -0.4 is 10.1 Å². The molecular weight excluding hydrogens is 368 g/mol. The molecule has 0 unspecified atom stereocenters. The standard InChI is InChI=1S/C18H26N4O2S2/c1-13(2)10-22-8-9-24-14(11-22)12-25-18-21-20-17(26-18)19-15-6-4-5-7-16(15)23-3/h4-7,13-14H,8-12H2,1-3H3,(H,19,20)/t14-/m0/s1. The lowest BCUT2D eigenvalue weighted by molar-refractivity contribution is -0.0191. The smallest absolute Gasteiger partial charge is 0.210 e. The van der Waals surface area contributed by atoms with Gasteiger partial charge in [0.1, 0.15) is 5.75 Å². The van der Waals surface area contributed by atoms with E-state index >= 15 is 0 Å². The molecule has 1 aromatic carbocycles. The second kappa shape index (κ2) is 9.55. The molecule has 0 amide bonds. The molecule has 1 fully saturated rings. The predicted octanol–water partition coefficient (Wildman–Crippen LogP) is 3.74. The number of benzene rings is 1. The highest BCUT2D eigenvalue weighted by Crippen LogP contribution is 2.32. The van der Waals surface area contributed by atoms with Crippen molar-refractivity contribution in [2.75, 3.05) is 44.4 Å². The van der Waals surface area contributed by atoms with Crippen LogP contribution >= 0.6 is 23.1 Å². The van der Waals surface area contributed by atoms with Crippen molar-refractivity contribution in [3.63, 3.8) is 0 Å². The summed E-state index contributed by atoms with van der Waals surface area (Å²) in [5.74, 6) is 2.38. The van der Waals surface area contributed by atoms with Crippen LogP contribution in [0.25, 0.3) is 0 Å². The van der Waals surface area contributed by atoms with Gasteiger partial charge in [-0.15, -0.1) is 10.2 Å². The Bertz CT molecular complexity index is 695. The molecule has 1 N–H and O–H groups in total. The number of rotatable bonds is 8. The molecule has 6 nitrogen and oxygen atoms in total. The Morgan fingerprint density at radius 3 is 3.04 bits per heavy atom. The number of morpholine rings is 1. The number of anilines is 2. The van der Waals surface area contributed by atoms with Crippen molar-refractivity contribution >= 4 is 33.9 Å². The Hall–Kier alpha value is -1.35. The minimum absolute atomic E-state index is 0.252. The fourth-order valence-corrected chi connectivity index (χ4v) is 4.70. The zero-order chi connectivity index (χ0) is 18.4. The number of hydrogen-bond donors (Lipinski definition) is 1. The molecule has 26 heavy (non-hydrogen) atoms. The first-order chi connectivity index (χ1) is 12.6. The molecule has 2 heterocycles. The van der Waals surface area contributed by atoms with Crippen molar-refractivity contribution in [1.82, 2.24) is 15.1 Å². The van der Waals surface area contributed by atoms with E-state index in [0.29, 0.717) is 5.92 Å². The quantitative estimate of drug-likeness (QED) is 0.684. The highest BCUT2D eigenvalue weighted by molar-refractivity contribution is 8.01. The van der Waals surface area contributed by atoms with Crippen molar-refractivity contribution in [1.29, 1.82) is 0 Å². The second-order valence-electron chi connectivity index (χ2n) is 6.66. The lowest BCUT2D eigenvalue weighted by atomic mass is 10.2. The third kappa shape index (κ3) is 5.57. The number of ether oxygens (including phenoxy) is 2. The molecule has 2 aromatic rings. The highest BCUT2D eigenvalue weighted by Gasteiger charge is 2.21. The fourth-order valence-electron chi connectivity index (χ4n) is 2.91. The molecule has 8 heteroatoms. The maximum atomic E-state index is 5.91. The molecule has 0 bridgehead atoms. The SMILES string of the molecule is COc1ccccc1Nc1nnc(SC[C@@H]2CN(CC(C)C)CCO2)s1. The largest absolute Gasteiger partial charge is 0.495 e. The Morgan fingerprint density at radius 2 is 2.23 bits per heavy atom. The van der Waals surface area contributed by atoms with Gasteiger partial charge in [-0.2, -0.15) is 0 Å². The summed E-state index contributed by atoms with van der Waals surface area (Å²) in [5.41, 5.74) is 0.891. The molecule has 142 valence electrons. The fraction of sp³-hybridized carbons (Fsp3) is 0.556. The summed E-state index contributed by atoms with van der Waals surface area (Å²) in [4.78, 5) is 2.49. The van der Waals surface area contributed by atoms with Gasteiger partial charge in [0.15, 0.2) is 4.34 Å². The van der Waals surface area contributed by atoms with Crippen molar-refractivity contribution in [2.24, 2.45) is 5.92 Å². The first-order valence-electron chi connectivity index (χ1n) is 8.84. The molecule has 0 aliphatic carbocycles. The van der Waals surface area contributed by atoms with Crippen LogP contribution in [-0.2, 0) is 4.74 Å². The summed E-state index contributed by atoms with van der Waals surface area (Å²) in [6.07, 6.45) is 0.252. The maximum absolute atomic E-state index is 5.91. The van der Waals surface area contributed by atoms with Gasteiger partial charge >= 0.3 is 0 Å². The molecule has 1 atom stereocenters. The summed E-state index contributed by atoms with van der Waals surface area (Å²) < 4.78 is 12.2. The second-order valence-corrected chi connectivity index (χ2v) is 8.90. The Morgan fingerprint density at radius 1 is 1.38 bits per heavy atom. The van der Waals surface area contributed by atoms with E-state index in [-0.39, 0.29) is 6.10 Å². The Kier molecular flexibility index (Phi) is 7.13. The summed E-state index contributed by atoms with van der Waals surface area (Å²) in [6, 6.07) is 7.79. The number of aromatic nitrogens is 2. The highest BCUT2D eigenvalue weighted by atomic mass is 32.2. The molecule has 3 rings (SSSR count). The van der Waals surface area contributed by atoms with E-state index in [1.807, 2.05) is 24.3 Å². The number of methoxy groups -OCH3 is 1. The first-order valence-corrected chi connectivity index (χ1v) is 10.6. The third-order valence-electron chi connectivity index (χ3n) is 3.99. The summed E-state index contributed by atoms with van der Waals surface area (Å²) in [6.45, 7) is 8.50. The van der Waals surface area contributed by atoms with E-state index in [4.69, 9.17) is 9.47 Å². The van der Waals surface area contributed by atoms with Crippen LogP contribution in [0.2, 0.25) is 0 Å². The van der Waals surface area contributed by atoms with E-state index < -0.39 is 0 Å². The van der Waals surface area contributed by atoms with Gasteiger partial charge < -0.3 is 14.8 Å². The van der Waals surface area contributed by atoms with Crippen LogP contribution in [0.1, 0.15) is 13.8 Å². The van der Waals surface area contributed by atoms with E-state index in [1.54, 1.807) is 30.2 Å². The monoisotopic (exact) mass is 394 g/mol. The molecule has 1 saturated heterocycles. The topological polar surface area (TPSA) is 59.5 Å². The molecule has 0 spiro atoms. The van der Waals surface area contributed by atoms with Crippen LogP contribution in [0.15, 0.2) is 28.6 Å². The van der Waals surface area contributed by atoms with Crippen molar-refractivity contribution in [3.8, 4) is 5.75 Å². The van der Waals surface area contributed by atoms with Crippen LogP contribution in [0.5, 0.6) is 5.75 Å².